The van der Waals surface area contributed by atoms with Gasteiger partial charge in [-0.1, -0.05) is 6.92 Å². The summed E-state index contributed by atoms with van der Waals surface area (Å²) in [5, 5.41) is 7.44. The Balaban J connectivity index is 2.17. The first-order valence-corrected chi connectivity index (χ1v) is 6.15. The molecule has 5 nitrogen and oxygen atoms in total. The molecule has 0 saturated carbocycles. The predicted octanol–water partition coefficient (Wildman–Crippen LogP) is 0.553. The van der Waals surface area contributed by atoms with Gasteiger partial charge in [0.15, 0.2) is 0 Å². The highest BCUT2D eigenvalue weighted by atomic mass is 16.2. The molecule has 17 heavy (non-hydrogen) atoms. The number of carbonyl (C=O) groups is 1. The number of amides is 1. The highest BCUT2D eigenvalue weighted by Gasteiger charge is 2.29. The molecule has 1 saturated heterocycles. The molecule has 2 heterocycles. The largest absolute Gasteiger partial charge is 0.333 e. The minimum atomic E-state index is 0.115. The molecule has 1 aromatic rings. The summed E-state index contributed by atoms with van der Waals surface area (Å²) in [6, 6.07) is 0.349. The zero-order chi connectivity index (χ0) is 12.4. The van der Waals surface area contributed by atoms with Crippen LogP contribution in [-0.2, 0) is 7.05 Å². The number of rotatable bonds is 4. The standard InChI is InChI=1S/C12H20N4O/c1-4-5-16(10-6-13-7-10)12(17)11-8-15(3)14-9(11)2/h8,10,13H,4-7H2,1-3H3. The fourth-order valence-electron chi connectivity index (χ4n) is 2.15. The Morgan fingerprint density at radius 2 is 2.35 bits per heavy atom. The van der Waals surface area contributed by atoms with Crippen molar-refractivity contribution >= 4 is 5.91 Å². The van der Waals surface area contributed by atoms with Crippen molar-refractivity contribution in [2.75, 3.05) is 19.6 Å². The molecule has 0 aromatic carbocycles. The normalized spacial score (nSPS) is 15.7. The summed E-state index contributed by atoms with van der Waals surface area (Å²) in [5.41, 5.74) is 1.54. The summed E-state index contributed by atoms with van der Waals surface area (Å²) in [4.78, 5) is 14.4. The quantitative estimate of drug-likeness (QED) is 0.830. The molecule has 1 amide bonds. The lowest BCUT2D eigenvalue weighted by molar-refractivity contribution is 0.0615. The van der Waals surface area contributed by atoms with Crippen LogP contribution in [0.1, 0.15) is 29.4 Å². The fourth-order valence-corrected chi connectivity index (χ4v) is 2.15. The molecular weight excluding hydrogens is 216 g/mol. The smallest absolute Gasteiger partial charge is 0.257 e. The van der Waals surface area contributed by atoms with E-state index in [1.165, 1.54) is 0 Å². The molecule has 1 aromatic heterocycles. The first kappa shape index (κ1) is 12.1. The Hall–Kier alpha value is -1.36. The van der Waals surface area contributed by atoms with Crippen LogP contribution < -0.4 is 5.32 Å². The van der Waals surface area contributed by atoms with E-state index in [4.69, 9.17) is 0 Å². The molecular formula is C12H20N4O. The van der Waals surface area contributed by atoms with Gasteiger partial charge in [0.05, 0.1) is 17.3 Å². The van der Waals surface area contributed by atoms with Gasteiger partial charge in [-0.2, -0.15) is 5.10 Å². The van der Waals surface area contributed by atoms with Crippen LogP contribution in [0.15, 0.2) is 6.20 Å². The molecule has 1 aliphatic rings. The monoisotopic (exact) mass is 236 g/mol. The summed E-state index contributed by atoms with van der Waals surface area (Å²) < 4.78 is 1.70. The molecule has 5 heteroatoms. The number of hydrogen-bond acceptors (Lipinski definition) is 3. The number of hydrogen-bond donors (Lipinski definition) is 1. The number of aryl methyl sites for hydroxylation is 2. The first-order valence-electron chi connectivity index (χ1n) is 6.15. The average Bonchev–Trinajstić information content (AvgIpc) is 2.53. The Kier molecular flexibility index (Phi) is 3.47. The van der Waals surface area contributed by atoms with Crippen LogP contribution in [0.4, 0.5) is 0 Å². The Labute approximate surface area is 102 Å². The van der Waals surface area contributed by atoms with Gasteiger partial charge in [-0.25, -0.2) is 0 Å². The number of nitrogens with zero attached hydrogens (tertiary/aromatic N) is 3. The second kappa shape index (κ2) is 4.87. The Morgan fingerprint density at radius 3 is 2.76 bits per heavy atom. The summed E-state index contributed by atoms with van der Waals surface area (Å²) in [6.45, 7) is 6.62. The molecule has 0 aliphatic carbocycles. The van der Waals surface area contributed by atoms with Crippen molar-refractivity contribution in [3.05, 3.63) is 17.5 Å². The van der Waals surface area contributed by atoms with E-state index >= 15 is 0 Å². The van der Waals surface area contributed by atoms with Crippen molar-refractivity contribution in [2.45, 2.75) is 26.3 Å². The van der Waals surface area contributed by atoms with E-state index < -0.39 is 0 Å². The van der Waals surface area contributed by atoms with Crippen LogP contribution in [-0.4, -0.2) is 46.3 Å². The van der Waals surface area contributed by atoms with E-state index in [0.29, 0.717) is 6.04 Å². The van der Waals surface area contributed by atoms with Gasteiger partial charge in [0.2, 0.25) is 0 Å². The van der Waals surface area contributed by atoms with Crippen LogP contribution in [0.2, 0.25) is 0 Å². The number of aromatic nitrogens is 2. The van der Waals surface area contributed by atoms with E-state index in [1.807, 2.05) is 25.1 Å². The van der Waals surface area contributed by atoms with Crippen molar-refractivity contribution in [2.24, 2.45) is 7.05 Å². The molecule has 0 spiro atoms. The van der Waals surface area contributed by atoms with E-state index in [9.17, 15) is 4.79 Å². The predicted molar refractivity (Wildman–Crippen MR) is 65.9 cm³/mol. The van der Waals surface area contributed by atoms with Gasteiger partial charge in [0.1, 0.15) is 0 Å². The van der Waals surface area contributed by atoms with Gasteiger partial charge in [-0.3, -0.25) is 9.48 Å². The van der Waals surface area contributed by atoms with Gasteiger partial charge >= 0.3 is 0 Å². The van der Waals surface area contributed by atoms with Gasteiger partial charge in [-0.15, -0.1) is 0 Å². The lowest BCUT2D eigenvalue weighted by Gasteiger charge is -2.38. The third-order valence-electron chi connectivity index (χ3n) is 3.17. The lowest BCUT2D eigenvalue weighted by atomic mass is 10.1. The molecule has 0 radical (unpaired) electrons. The summed E-state index contributed by atoms with van der Waals surface area (Å²) >= 11 is 0. The second-order valence-corrected chi connectivity index (χ2v) is 4.61. The second-order valence-electron chi connectivity index (χ2n) is 4.61. The van der Waals surface area contributed by atoms with E-state index in [-0.39, 0.29) is 5.91 Å². The Bertz CT molecular complexity index is 409. The third-order valence-corrected chi connectivity index (χ3v) is 3.17. The summed E-state index contributed by atoms with van der Waals surface area (Å²) in [7, 11) is 1.85. The minimum Gasteiger partial charge on any atom is -0.333 e. The van der Waals surface area contributed by atoms with Crippen molar-refractivity contribution in [3.8, 4) is 0 Å². The van der Waals surface area contributed by atoms with Crippen LogP contribution in [0.5, 0.6) is 0 Å². The highest BCUT2D eigenvalue weighted by molar-refractivity contribution is 5.95. The third kappa shape index (κ3) is 2.34. The zero-order valence-corrected chi connectivity index (χ0v) is 10.7. The van der Waals surface area contributed by atoms with Crippen LogP contribution in [0.3, 0.4) is 0 Å². The maximum Gasteiger partial charge on any atom is 0.257 e. The van der Waals surface area contributed by atoms with Gasteiger partial charge in [0.25, 0.3) is 5.91 Å². The fraction of sp³-hybridized carbons (Fsp3) is 0.667. The van der Waals surface area contributed by atoms with Crippen LogP contribution >= 0.6 is 0 Å². The number of carbonyl (C=O) groups excluding carboxylic acids is 1. The lowest BCUT2D eigenvalue weighted by Crippen LogP contribution is -2.59. The molecule has 2 rings (SSSR count). The van der Waals surface area contributed by atoms with Crippen molar-refractivity contribution in [3.63, 3.8) is 0 Å². The van der Waals surface area contributed by atoms with Gasteiger partial charge in [-0.05, 0) is 13.3 Å². The molecule has 0 atom stereocenters. The molecule has 94 valence electrons. The molecule has 0 bridgehead atoms. The Morgan fingerprint density at radius 1 is 1.65 bits per heavy atom. The molecule has 1 fully saturated rings. The van der Waals surface area contributed by atoms with Crippen molar-refractivity contribution in [1.29, 1.82) is 0 Å². The maximum absolute atomic E-state index is 12.4. The topological polar surface area (TPSA) is 50.2 Å². The van der Waals surface area contributed by atoms with Crippen molar-refractivity contribution in [1.82, 2.24) is 20.0 Å². The van der Waals surface area contributed by atoms with E-state index in [2.05, 4.69) is 17.3 Å². The maximum atomic E-state index is 12.4. The van der Waals surface area contributed by atoms with Crippen molar-refractivity contribution < 1.29 is 4.79 Å². The molecule has 0 unspecified atom stereocenters. The van der Waals surface area contributed by atoms with E-state index in [1.54, 1.807) is 4.68 Å². The summed E-state index contributed by atoms with van der Waals surface area (Å²) in [6.07, 6.45) is 2.80. The SMILES string of the molecule is CCCN(C(=O)c1cn(C)nc1C)C1CNC1. The molecule has 1 N–H and O–H groups in total. The van der Waals surface area contributed by atoms with Gasteiger partial charge < -0.3 is 10.2 Å². The first-order chi connectivity index (χ1) is 8.13. The van der Waals surface area contributed by atoms with E-state index in [0.717, 1.165) is 37.3 Å². The van der Waals surface area contributed by atoms with Crippen LogP contribution in [0, 0.1) is 6.92 Å². The number of nitrogens with one attached hydrogen (secondary N) is 1. The van der Waals surface area contributed by atoms with Crippen LogP contribution in [0.25, 0.3) is 0 Å². The minimum absolute atomic E-state index is 0.115. The highest BCUT2D eigenvalue weighted by Crippen LogP contribution is 2.14. The van der Waals surface area contributed by atoms with Gasteiger partial charge in [0, 0.05) is 32.9 Å². The summed E-state index contributed by atoms with van der Waals surface area (Å²) in [5.74, 6) is 0.115. The average molecular weight is 236 g/mol. The molecule has 1 aliphatic heterocycles. The zero-order valence-electron chi connectivity index (χ0n) is 10.7.